The van der Waals surface area contributed by atoms with Crippen LogP contribution < -0.4 is 4.90 Å². The van der Waals surface area contributed by atoms with Crippen molar-refractivity contribution in [1.82, 2.24) is 0 Å². The van der Waals surface area contributed by atoms with E-state index in [9.17, 15) is 18.8 Å². The number of ether oxygens (including phenoxy) is 1. The number of carbonyl (C=O) groups is 3. The molecular formula is C18H13ClFNO4. The maximum atomic E-state index is 13.7. The Morgan fingerprint density at radius 1 is 1.24 bits per heavy atom. The third kappa shape index (κ3) is 3.39. The second-order valence-electron chi connectivity index (χ2n) is 5.60. The quantitative estimate of drug-likeness (QED) is 0.620. The summed E-state index contributed by atoms with van der Waals surface area (Å²) in [5, 5.41) is 0.155. The third-order valence-corrected chi connectivity index (χ3v) is 4.20. The van der Waals surface area contributed by atoms with Crippen LogP contribution in [0.2, 0.25) is 5.02 Å². The van der Waals surface area contributed by atoms with Gasteiger partial charge >= 0.3 is 5.97 Å². The van der Waals surface area contributed by atoms with E-state index in [1.807, 2.05) is 0 Å². The van der Waals surface area contributed by atoms with Crippen LogP contribution in [-0.4, -0.2) is 31.3 Å². The molecule has 3 rings (SSSR count). The molecule has 0 N–H and O–H groups in total. The molecule has 1 aliphatic rings. The lowest BCUT2D eigenvalue weighted by molar-refractivity contribution is -0.117. The van der Waals surface area contributed by atoms with Crippen LogP contribution in [0.15, 0.2) is 36.4 Å². The predicted octanol–water partition coefficient (Wildman–Crippen LogP) is 3.04. The van der Waals surface area contributed by atoms with Gasteiger partial charge in [0, 0.05) is 23.3 Å². The molecule has 5 nitrogen and oxygen atoms in total. The van der Waals surface area contributed by atoms with Crippen molar-refractivity contribution in [1.29, 1.82) is 0 Å². The number of nitrogens with zero attached hydrogens (tertiary/aromatic N) is 1. The molecule has 128 valence electrons. The molecule has 1 heterocycles. The van der Waals surface area contributed by atoms with Crippen molar-refractivity contribution in [3.8, 4) is 0 Å². The Kier molecular flexibility index (Phi) is 4.55. The van der Waals surface area contributed by atoms with Gasteiger partial charge < -0.3 is 9.64 Å². The third-order valence-electron chi connectivity index (χ3n) is 3.96. The summed E-state index contributed by atoms with van der Waals surface area (Å²) in [6, 6.07) is 8.39. The maximum absolute atomic E-state index is 13.7. The second kappa shape index (κ2) is 6.64. The molecule has 2 aromatic rings. The fraction of sp³-hybridized carbons (Fsp3) is 0.167. The standard InChI is InChI=1S/C18H13ClFNO4/c1-21-15-5-2-10(6-11(15)7-17(21)23)16(22)9-25-18(24)13-4-3-12(19)8-14(13)20/h2-6,8H,7,9H2,1H3. The van der Waals surface area contributed by atoms with Gasteiger partial charge in [-0.05, 0) is 42.0 Å². The Balaban J connectivity index is 1.68. The molecule has 2 aromatic carbocycles. The normalized spacial score (nSPS) is 12.9. The lowest BCUT2D eigenvalue weighted by Gasteiger charge is -2.10. The highest BCUT2D eigenvalue weighted by molar-refractivity contribution is 6.30. The van der Waals surface area contributed by atoms with Crippen LogP contribution >= 0.6 is 11.6 Å². The van der Waals surface area contributed by atoms with Crippen molar-refractivity contribution in [3.05, 3.63) is 63.9 Å². The molecule has 0 atom stereocenters. The second-order valence-corrected chi connectivity index (χ2v) is 6.03. The van der Waals surface area contributed by atoms with Gasteiger partial charge in [-0.2, -0.15) is 0 Å². The fourth-order valence-electron chi connectivity index (χ4n) is 2.59. The van der Waals surface area contributed by atoms with Gasteiger partial charge in [0.25, 0.3) is 0 Å². The highest BCUT2D eigenvalue weighted by atomic mass is 35.5. The first-order valence-electron chi connectivity index (χ1n) is 7.41. The summed E-state index contributed by atoms with van der Waals surface area (Å²) < 4.78 is 18.5. The van der Waals surface area contributed by atoms with Crippen molar-refractivity contribution >= 4 is 34.9 Å². The molecule has 0 saturated heterocycles. The first-order chi connectivity index (χ1) is 11.9. The van der Waals surface area contributed by atoms with Crippen LogP contribution in [0.3, 0.4) is 0 Å². The van der Waals surface area contributed by atoms with E-state index in [0.29, 0.717) is 5.56 Å². The van der Waals surface area contributed by atoms with E-state index in [1.165, 1.54) is 17.0 Å². The summed E-state index contributed by atoms with van der Waals surface area (Å²) in [4.78, 5) is 37.3. The number of ketones is 1. The molecular weight excluding hydrogens is 349 g/mol. The van der Waals surface area contributed by atoms with E-state index in [4.69, 9.17) is 16.3 Å². The van der Waals surface area contributed by atoms with Gasteiger partial charge in [0.2, 0.25) is 5.91 Å². The van der Waals surface area contributed by atoms with Gasteiger partial charge in [-0.15, -0.1) is 0 Å². The SMILES string of the molecule is CN1C(=O)Cc2cc(C(=O)COC(=O)c3ccc(Cl)cc3F)ccc21. The first kappa shape index (κ1) is 17.1. The minimum absolute atomic E-state index is 0.0516. The maximum Gasteiger partial charge on any atom is 0.341 e. The number of benzene rings is 2. The summed E-state index contributed by atoms with van der Waals surface area (Å²) in [6.07, 6.45) is 0.225. The molecule has 0 saturated carbocycles. The number of amides is 1. The molecule has 0 spiro atoms. The predicted molar refractivity (Wildman–Crippen MR) is 89.6 cm³/mol. The molecule has 0 radical (unpaired) electrons. The number of likely N-dealkylation sites (N-methyl/N-ethyl adjacent to an activating group) is 1. The van der Waals surface area contributed by atoms with Crippen LogP contribution in [0.4, 0.5) is 10.1 Å². The van der Waals surface area contributed by atoms with Crippen molar-refractivity contribution in [3.63, 3.8) is 0 Å². The number of fused-ring (bicyclic) bond motifs is 1. The number of Topliss-reactive ketones (excluding diaryl/α,β-unsaturated/α-hetero) is 1. The minimum atomic E-state index is -0.946. The minimum Gasteiger partial charge on any atom is -0.454 e. The van der Waals surface area contributed by atoms with Gasteiger partial charge in [0.05, 0.1) is 12.0 Å². The topological polar surface area (TPSA) is 63.7 Å². The van der Waals surface area contributed by atoms with Gasteiger partial charge in [-0.25, -0.2) is 9.18 Å². The van der Waals surface area contributed by atoms with Crippen molar-refractivity contribution in [2.75, 3.05) is 18.6 Å². The monoisotopic (exact) mass is 361 g/mol. The molecule has 0 fully saturated rings. The van der Waals surface area contributed by atoms with Crippen LogP contribution in [0.1, 0.15) is 26.3 Å². The van der Waals surface area contributed by atoms with Gasteiger partial charge in [0.1, 0.15) is 5.82 Å². The molecule has 0 unspecified atom stereocenters. The van der Waals surface area contributed by atoms with Gasteiger partial charge in [0.15, 0.2) is 12.4 Å². The highest BCUT2D eigenvalue weighted by Gasteiger charge is 2.25. The zero-order valence-electron chi connectivity index (χ0n) is 13.2. The van der Waals surface area contributed by atoms with Crippen molar-refractivity contribution in [2.45, 2.75) is 6.42 Å². The summed E-state index contributed by atoms with van der Waals surface area (Å²) in [5.74, 6) is -2.25. The highest BCUT2D eigenvalue weighted by Crippen LogP contribution is 2.28. The van der Waals surface area contributed by atoms with Gasteiger partial charge in [-0.1, -0.05) is 11.6 Å². The lowest BCUT2D eigenvalue weighted by atomic mass is 10.1. The molecule has 7 heteroatoms. The number of hydrogen-bond acceptors (Lipinski definition) is 4. The van der Waals surface area contributed by atoms with Crippen molar-refractivity contribution in [2.24, 2.45) is 0 Å². The Labute approximate surface area is 147 Å². The van der Waals surface area contributed by atoms with Gasteiger partial charge in [-0.3, -0.25) is 9.59 Å². The van der Waals surface area contributed by atoms with E-state index in [-0.39, 0.29) is 22.9 Å². The van der Waals surface area contributed by atoms with Crippen LogP contribution in [0.5, 0.6) is 0 Å². The summed E-state index contributed by atoms with van der Waals surface area (Å²) in [6.45, 7) is -0.524. The fourth-order valence-corrected chi connectivity index (χ4v) is 2.75. The first-order valence-corrected chi connectivity index (χ1v) is 7.79. The molecule has 0 bridgehead atoms. The smallest absolute Gasteiger partial charge is 0.341 e. The molecule has 0 aliphatic carbocycles. The molecule has 25 heavy (non-hydrogen) atoms. The zero-order valence-corrected chi connectivity index (χ0v) is 14.0. The number of anilines is 1. The lowest BCUT2D eigenvalue weighted by Crippen LogP contribution is -2.20. The van der Waals surface area contributed by atoms with E-state index >= 15 is 0 Å². The number of esters is 1. The molecule has 1 aliphatic heterocycles. The molecule has 0 aromatic heterocycles. The summed E-state index contributed by atoms with van der Waals surface area (Å²) in [7, 11) is 1.66. The van der Waals surface area contributed by atoms with E-state index in [0.717, 1.165) is 17.3 Å². The molecule has 1 amide bonds. The van der Waals surface area contributed by atoms with E-state index < -0.39 is 24.2 Å². The average Bonchev–Trinajstić information content (AvgIpc) is 2.86. The zero-order chi connectivity index (χ0) is 18.1. The summed E-state index contributed by atoms with van der Waals surface area (Å²) in [5.41, 5.74) is 1.53. The Bertz CT molecular complexity index is 897. The number of rotatable bonds is 4. The Hall–Kier alpha value is -2.73. The Morgan fingerprint density at radius 2 is 2.00 bits per heavy atom. The van der Waals surface area contributed by atoms with Crippen LogP contribution in [0.25, 0.3) is 0 Å². The number of halogens is 2. The van der Waals surface area contributed by atoms with E-state index in [2.05, 4.69) is 0 Å². The largest absolute Gasteiger partial charge is 0.454 e. The van der Waals surface area contributed by atoms with Crippen LogP contribution in [-0.2, 0) is 16.0 Å². The number of carbonyl (C=O) groups excluding carboxylic acids is 3. The van der Waals surface area contributed by atoms with E-state index in [1.54, 1.807) is 25.2 Å². The van der Waals surface area contributed by atoms with Crippen LogP contribution in [0, 0.1) is 5.82 Å². The summed E-state index contributed by atoms with van der Waals surface area (Å²) >= 11 is 5.62. The van der Waals surface area contributed by atoms with Crippen molar-refractivity contribution < 1.29 is 23.5 Å². The average molecular weight is 362 g/mol. The Morgan fingerprint density at radius 3 is 2.72 bits per heavy atom. The number of hydrogen-bond donors (Lipinski definition) is 0.